The van der Waals surface area contributed by atoms with Gasteiger partial charge in [0, 0.05) is 23.6 Å². The van der Waals surface area contributed by atoms with Crippen molar-refractivity contribution < 1.29 is 14.0 Å². The molecule has 0 atom stereocenters. The zero-order valence-corrected chi connectivity index (χ0v) is 14.0. The molecule has 2 rings (SSSR count). The molecule has 0 spiro atoms. The average molecular weight is 352 g/mol. The van der Waals surface area contributed by atoms with Crippen molar-refractivity contribution in [1.82, 2.24) is 10.6 Å². The summed E-state index contributed by atoms with van der Waals surface area (Å²) in [5.41, 5.74) is 1.61. The summed E-state index contributed by atoms with van der Waals surface area (Å²) in [7, 11) is 0. The number of nitrogens with one attached hydrogen (secondary N) is 2. The molecule has 4 nitrogen and oxygen atoms in total. The summed E-state index contributed by atoms with van der Waals surface area (Å²) in [6.45, 7) is 0.464. The lowest BCUT2D eigenvalue weighted by molar-refractivity contribution is -0.120. The molecule has 2 N–H and O–H groups in total. The van der Waals surface area contributed by atoms with E-state index in [1.165, 1.54) is 29.8 Å². The van der Waals surface area contributed by atoms with Gasteiger partial charge in [0.15, 0.2) is 0 Å². The zero-order chi connectivity index (χ0) is 16.5. The second-order valence-electron chi connectivity index (χ2n) is 4.72. The van der Waals surface area contributed by atoms with Gasteiger partial charge >= 0.3 is 0 Å². The summed E-state index contributed by atoms with van der Waals surface area (Å²) in [5, 5.41) is 9.40. The average Bonchev–Trinajstić information content (AvgIpc) is 3.06. The third-order valence-electron chi connectivity index (χ3n) is 2.93. The minimum absolute atomic E-state index is 0.0919. The maximum absolute atomic E-state index is 12.8. The fourth-order valence-corrected chi connectivity index (χ4v) is 3.33. The second kappa shape index (κ2) is 9.32. The Balaban J connectivity index is 1.57. The Morgan fingerprint density at radius 2 is 1.91 bits per heavy atom. The van der Waals surface area contributed by atoms with Crippen LogP contribution < -0.4 is 10.6 Å². The monoisotopic (exact) mass is 352 g/mol. The van der Waals surface area contributed by atoms with Crippen molar-refractivity contribution in [3.8, 4) is 0 Å². The Hall–Kier alpha value is -1.86. The summed E-state index contributed by atoms with van der Waals surface area (Å²) in [5.74, 6) is 0.705. The molecule has 7 heteroatoms. The van der Waals surface area contributed by atoms with Gasteiger partial charge in [-0.25, -0.2) is 4.39 Å². The summed E-state index contributed by atoms with van der Waals surface area (Å²) in [4.78, 5) is 23.4. The lowest BCUT2D eigenvalue weighted by Crippen LogP contribution is -2.37. The van der Waals surface area contributed by atoms with Crippen LogP contribution in [0.3, 0.4) is 0 Å². The first-order valence-corrected chi connectivity index (χ1v) is 9.14. The highest BCUT2D eigenvalue weighted by molar-refractivity contribution is 7.98. The second-order valence-corrected chi connectivity index (χ2v) is 6.61. The number of benzene rings is 1. The summed E-state index contributed by atoms with van der Waals surface area (Å²) in [6, 6.07) is 7.26. The molecule has 0 radical (unpaired) electrons. The van der Waals surface area contributed by atoms with Crippen molar-refractivity contribution in [2.75, 3.05) is 18.8 Å². The number of thiophene rings is 1. The van der Waals surface area contributed by atoms with E-state index in [1.54, 1.807) is 23.1 Å². The Labute approximate surface area is 142 Å². The van der Waals surface area contributed by atoms with Gasteiger partial charge < -0.3 is 10.6 Å². The molecule has 0 unspecified atom stereocenters. The van der Waals surface area contributed by atoms with E-state index < -0.39 is 11.7 Å². The largest absolute Gasteiger partial charge is 0.354 e. The van der Waals surface area contributed by atoms with Crippen LogP contribution in [0.1, 0.15) is 15.9 Å². The fourth-order valence-electron chi connectivity index (χ4n) is 1.75. The van der Waals surface area contributed by atoms with Crippen LogP contribution in [0, 0.1) is 5.82 Å². The molecule has 0 fully saturated rings. The predicted octanol–water partition coefficient (Wildman–Crippen LogP) is 2.67. The summed E-state index contributed by atoms with van der Waals surface area (Å²) >= 11 is 3.42. The van der Waals surface area contributed by atoms with Crippen LogP contribution in [0.25, 0.3) is 0 Å². The fraction of sp³-hybridized carbons (Fsp3) is 0.250. The Morgan fingerprint density at radius 3 is 2.61 bits per heavy atom. The van der Waals surface area contributed by atoms with E-state index in [4.69, 9.17) is 0 Å². The van der Waals surface area contributed by atoms with Gasteiger partial charge in [0.25, 0.3) is 5.91 Å². The quantitative estimate of drug-likeness (QED) is 0.718. The number of amides is 2. The van der Waals surface area contributed by atoms with E-state index in [9.17, 15) is 14.0 Å². The normalized spacial score (nSPS) is 10.3. The molecule has 0 aliphatic carbocycles. The highest BCUT2D eigenvalue weighted by atomic mass is 32.2. The Morgan fingerprint density at radius 1 is 1.13 bits per heavy atom. The van der Waals surface area contributed by atoms with Gasteiger partial charge in [-0.3, -0.25) is 9.59 Å². The van der Waals surface area contributed by atoms with Crippen LogP contribution in [0.5, 0.6) is 0 Å². The van der Waals surface area contributed by atoms with Gasteiger partial charge in [-0.1, -0.05) is 0 Å². The van der Waals surface area contributed by atoms with E-state index in [-0.39, 0.29) is 12.5 Å². The topological polar surface area (TPSA) is 58.2 Å². The van der Waals surface area contributed by atoms with E-state index >= 15 is 0 Å². The summed E-state index contributed by atoms with van der Waals surface area (Å²) in [6.07, 6.45) is 0. The van der Waals surface area contributed by atoms with E-state index in [0.717, 1.165) is 11.5 Å². The molecule has 2 aromatic rings. The van der Waals surface area contributed by atoms with Crippen LogP contribution in [0.4, 0.5) is 4.39 Å². The van der Waals surface area contributed by atoms with Crippen LogP contribution in [0.2, 0.25) is 0 Å². The number of hydrogen-bond acceptors (Lipinski definition) is 4. The molecular formula is C16H17FN2O2S2. The number of rotatable bonds is 8. The molecule has 0 aliphatic rings. The third-order valence-corrected chi connectivity index (χ3v) is 4.70. The number of carbonyl (C=O) groups excluding carboxylic acids is 2. The number of halogens is 1. The third kappa shape index (κ3) is 6.42. The van der Waals surface area contributed by atoms with Crippen LogP contribution in [0.15, 0.2) is 41.1 Å². The van der Waals surface area contributed by atoms with Crippen LogP contribution in [-0.4, -0.2) is 30.7 Å². The molecule has 0 saturated heterocycles. The molecule has 1 heterocycles. The molecule has 0 saturated carbocycles. The van der Waals surface area contributed by atoms with Gasteiger partial charge in [0.2, 0.25) is 5.91 Å². The maximum Gasteiger partial charge on any atom is 0.251 e. The van der Waals surface area contributed by atoms with Gasteiger partial charge in [-0.05, 0) is 46.7 Å². The molecular weight excluding hydrogens is 335 g/mol. The molecule has 122 valence electrons. The lowest BCUT2D eigenvalue weighted by Gasteiger charge is -2.07. The van der Waals surface area contributed by atoms with Crippen molar-refractivity contribution in [2.45, 2.75) is 5.75 Å². The van der Waals surface area contributed by atoms with Gasteiger partial charge in [0.1, 0.15) is 5.82 Å². The standard InChI is InChI=1S/C16H17FN2O2S2/c17-14-3-1-13(2-4-14)16(21)19-9-15(20)18-6-8-23-11-12-5-7-22-10-12/h1-5,7,10H,6,8-9,11H2,(H,18,20)(H,19,21). The highest BCUT2D eigenvalue weighted by Crippen LogP contribution is 2.14. The molecule has 2 amide bonds. The number of carbonyl (C=O) groups is 2. The minimum atomic E-state index is -0.403. The molecule has 0 bridgehead atoms. The molecule has 1 aromatic carbocycles. The predicted molar refractivity (Wildman–Crippen MR) is 92.2 cm³/mol. The van der Waals surface area contributed by atoms with Crippen molar-refractivity contribution in [1.29, 1.82) is 0 Å². The number of thioether (sulfide) groups is 1. The van der Waals surface area contributed by atoms with E-state index in [1.807, 2.05) is 5.38 Å². The van der Waals surface area contributed by atoms with Crippen LogP contribution >= 0.6 is 23.1 Å². The van der Waals surface area contributed by atoms with Crippen molar-refractivity contribution in [3.05, 3.63) is 58.0 Å². The minimum Gasteiger partial charge on any atom is -0.354 e. The van der Waals surface area contributed by atoms with E-state index in [0.29, 0.717) is 12.1 Å². The highest BCUT2D eigenvalue weighted by Gasteiger charge is 2.07. The first kappa shape index (κ1) is 17.5. The maximum atomic E-state index is 12.8. The van der Waals surface area contributed by atoms with Crippen molar-refractivity contribution in [3.63, 3.8) is 0 Å². The molecule has 23 heavy (non-hydrogen) atoms. The number of hydrogen-bond donors (Lipinski definition) is 2. The SMILES string of the molecule is O=C(CNC(=O)c1ccc(F)cc1)NCCSCc1ccsc1. The molecule has 0 aliphatic heterocycles. The van der Waals surface area contributed by atoms with Gasteiger partial charge in [0.05, 0.1) is 6.54 Å². The van der Waals surface area contributed by atoms with Gasteiger partial charge in [-0.15, -0.1) is 0 Å². The molecule has 1 aromatic heterocycles. The van der Waals surface area contributed by atoms with Gasteiger partial charge in [-0.2, -0.15) is 23.1 Å². The van der Waals surface area contributed by atoms with Crippen LogP contribution in [-0.2, 0) is 10.5 Å². The lowest BCUT2D eigenvalue weighted by atomic mass is 10.2. The Kier molecular flexibility index (Phi) is 7.09. The smallest absolute Gasteiger partial charge is 0.251 e. The first-order valence-electron chi connectivity index (χ1n) is 7.04. The zero-order valence-electron chi connectivity index (χ0n) is 12.4. The van der Waals surface area contributed by atoms with Crippen molar-refractivity contribution in [2.24, 2.45) is 0 Å². The Bertz CT molecular complexity index is 630. The summed E-state index contributed by atoms with van der Waals surface area (Å²) < 4.78 is 12.8. The first-order chi connectivity index (χ1) is 11.1. The van der Waals surface area contributed by atoms with Crippen molar-refractivity contribution >= 4 is 34.9 Å². The van der Waals surface area contributed by atoms with E-state index in [2.05, 4.69) is 22.1 Å².